The largest absolute Gasteiger partial charge is 0.391 e. The molecule has 1 radical (unpaired) electrons. The average Bonchev–Trinajstić information content (AvgIpc) is 2.06. The molecule has 0 saturated heterocycles. The quantitative estimate of drug-likeness (QED) is 0.634. The minimum absolute atomic E-state index is 0. The summed E-state index contributed by atoms with van der Waals surface area (Å²) >= 11 is 0. The Morgan fingerprint density at radius 3 is 2.75 bits per heavy atom. The molecule has 0 fully saturated rings. The van der Waals surface area contributed by atoms with Gasteiger partial charge >= 0.3 is 0 Å². The van der Waals surface area contributed by atoms with E-state index in [0.717, 1.165) is 5.69 Å². The molecule has 2 heteroatoms. The van der Waals surface area contributed by atoms with Crippen molar-refractivity contribution in [1.82, 2.24) is 4.98 Å². The van der Waals surface area contributed by atoms with Gasteiger partial charge in [-0.15, -0.1) is 16.8 Å². The molecule has 0 unspecified atom stereocenters. The number of benzene rings is 1. The number of hydrogen-bond donors (Lipinski definition) is 0. The number of nitrogens with zero attached hydrogens (tertiary/aromatic N) is 1. The number of aryl methyl sites for hydroxylation is 1. The minimum atomic E-state index is 0. The van der Waals surface area contributed by atoms with Crippen molar-refractivity contribution in [1.29, 1.82) is 0 Å². The van der Waals surface area contributed by atoms with E-state index in [-0.39, 0.29) is 32.7 Å². The van der Waals surface area contributed by atoms with Crippen molar-refractivity contribution in [2.24, 2.45) is 0 Å². The standard InChI is InChI=1S/C10H8N.Y/c1-8-10-5-3-2-4-9(10)6-7-11-8;/h2-6H,1H3;/q-1;. The van der Waals surface area contributed by atoms with E-state index in [9.17, 15) is 0 Å². The van der Waals surface area contributed by atoms with E-state index >= 15 is 0 Å². The smallest absolute Gasteiger partial charge is 0 e. The van der Waals surface area contributed by atoms with Crippen LogP contribution < -0.4 is 0 Å². The molecule has 2 aromatic rings. The van der Waals surface area contributed by atoms with Gasteiger partial charge in [0.05, 0.1) is 0 Å². The summed E-state index contributed by atoms with van der Waals surface area (Å²) in [5.41, 5.74) is 1.04. The molecule has 0 N–H and O–H groups in total. The van der Waals surface area contributed by atoms with Crippen molar-refractivity contribution in [2.75, 3.05) is 0 Å². The number of aromatic nitrogens is 1. The van der Waals surface area contributed by atoms with E-state index in [1.54, 1.807) is 0 Å². The van der Waals surface area contributed by atoms with Crippen LogP contribution in [0.5, 0.6) is 0 Å². The Labute approximate surface area is 97.1 Å². The molecule has 0 spiro atoms. The van der Waals surface area contributed by atoms with Crippen LogP contribution in [0.2, 0.25) is 0 Å². The van der Waals surface area contributed by atoms with Gasteiger partial charge < -0.3 is 4.98 Å². The first-order valence-electron chi connectivity index (χ1n) is 3.60. The molecular formula is C10H8NY-. The molecule has 0 atom stereocenters. The molecular weight excluding hydrogens is 223 g/mol. The molecule has 12 heavy (non-hydrogen) atoms. The summed E-state index contributed by atoms with van der Waals surface area (Å²) in [5, 5.41) is 2.42. The average molecular weight is 231 g/mol. The van der Waals surface area contributed by atoms with Crippen LogP contribution in [0.3, 0.4) is 0 Å². The fraction of sp³-hybridized carbons (Fsp3) is 0.100. The van der Waals surface area contributed by atoms with Crippen LogP contribution in [-0.2, 0) is 32.7 Å². The minimum Gasteiger partial charge on any atom is -0.391 e. The predicted octanol–water partition coefficient (Wildman–Crippen LogP) is 2.34. The Morgan fingerprint density at radius 1 is 1.25 bits per heavy atom. The normalized spacial score (nSPS) is 9.42. The van der Waals surface area contributed by atoms with Crippen molar-refractivity contribution in [3.8, 4) is 0 Å². The van der Waals surface area contributed by atoms with Crippen LogP contribution in [0.1, 0.15) is 5.69 Å². The fourth-order valence-corrected chi connectivity index (χ4v) is 1.21. The van der Waals surface area contributed by atoms with Crippen LogP contribution in [0.15, 0.2) is 30.3 Å². The summed E-state index contributed by atoms with van der Waals surface area (Å²) in [6.07, 6.45) is 2.85. The van der Waals surface area contributed by atoms with Crippen molar-refractivity contribution in [3.63, 3.8) is 0 Å². The zero-order valence-corrected chi connectivity index (χ0v) is 9.75. The van der Waals surface area contributed by atoms with Crippen molar-refractivity contribution in [3.05, 3.63) is 42.2 Å². The molecule has 1 aromatic heterocycles. The zero-order chi connectivity index (χ0) is 7.68. The molecule has 1 nitrogen and oxygen atoms in total. The van der Waals surface area contributed by atoms with Crippen molar-refractivity contribution < 1.29 is 32.7 Å². The van der Waals surface area contributed by atoms with Gasteiger partial charge in [-0.25, -0.2) is 0 Å². The van der Waals surface area contributed by atoms with Gasteiger partial charge in [0.25, 0.3) is 0 Å². The first kappa shape index (κ1) is 9.82. The Morgan fingerprint density at radius 2 is 2.00 bits per heavy atom. The predicted molar refractivity (Wildman–Crippen MR) is 45.3 cm³/mol. The van der Waals surface area contributed by atoms with Gasteiger partial charge in [0.15, 0.2) is 0 Å². The van der Waals surface area contributed by atoms with E-state index in [1.165, 1.54) is 10.8 Å². The fourth-order valence-electron chi connectivity index (χ4n) is 1.21. The van der Waals surface area contributed by atoms with Gasteiger partial charge in [0.1, 0.15) is 0 Å². The maximum Gasteiger partial charge on any atom is 0 e. The van der Waals surface area contributed by atoms with Crippen molar-refractivity contribution in [2.45, 2.75) is 6.92 Å². The molecule has 57 valence electrons. The second-order valence-corrected chi connectivity index (χ2v) is 2.56. The zero-order valence-electron chi connectivity index (χ0n) is 6.91. The van der Waals surface area contributed by atoms with Gasteiger partial charge in [0.2, 0.25) is 0 Å². The molecule has 0 aliphatic heterocycles. The van der Waals surface area contributed by atoms with E-state index in [1.807, 2.05) is 25.1 Å². The number of hydrogen-bond acceptors (Lipinski definition) is 1. The Bertz CT molecular complexity index is 379. The van der Waals surface area contributed by atoms with Crippen LogP contribution in [0.4, 0.5) is 0 Å². The maximum absolute atomic E-state index is 4.08. The number of fused-ring (bicyclic) bond motifs is 1. The third-order valence-corrected chi connectivity index (χ3v) is 1.80. The monoisotopic (exact) mass is 231 g/mol. The molecule has 1 heterocycles. The number of rotatable bonds is 0. The molecule has 0 aliphatic carbocycles. The Balaban J connectivity index is 0.000000720. The molecule has 0 bridgehead atoms. The van der Waals surface area contributed by atoms with Crippen molar-refractivity contribution >= 4 is 10.8 Å². The molecule has 1 aromatic carbocycles. The summed E-state index contributed by atoms with van der Waals surface area (Å²) in [6, 6.07) is 10.1. The van der Waals surface area contributed by atoms with E-state index in [4.69, 9.17) is 0 Å². The summed E-state index contributed by atoms with van der Waals surface area (Å²) in [5.74, 6) is 0. The molecule has 2 rings (SSSR count). The summed E-state index contributed by atoms with van der Waals surface area (Å²) < 4.78 is 0. The van der Waals surface area contributed by atoms with Crippen LogP contribution in [-0.4, -0.2) is 4.98 Å². The van der Waals surface area contributed by atoms with E-state index < -0.39 is 0 Å². The van der Waals surface area contributed by atoms with Gasteiger partial charge in [-0.2, -0.15) is 6.07 Å². The maximum atomic E-state index is 4.08. The van der Waals surface area contributed by atoms with Gasteiger partial charge in [-0.3, -0.25) is 0 Å². The summed E-state index contributed by atoms with van der Waals surface area (Å²) in [6.45, 7) is 2.00. The third-order valence-electron chi connectivity index (χ3n) is 1.80. The van der Waals surface area contributed by atoms with Crippen LogP contribution >= 0.6 is 0 Å². The summed E-state index contributed by atoms with van der Waals surface area (Å²) in [4.78, 5) is 4.08. The second kappa shape index (κ2) is 4.11. The van der Waals surface area contributed by atoms with Gasteiger partial charge in [-0.1, -0.05) is 37.0 Å². The van der Waals surface area contributed by atoms with Crippen LogP contribution in [0.25, 0.3) is 10.8 Å². The van der Waals surface area contributed by atoms with Gasteiger partial charge in [-0.05, 0) is 0 Å². The second-order valence-electron chi connectivity index (χ2n) is 2.56. The topological polar surface area (TPSA) is 12.9 Å². The number of pyridine rings is 1. The van der Waals surface area contributed by atoms with E-state index in [0.29, 0.717) is 0 Å². The molecule has 0 amide bonds. The first-order valence-corrected chi connectivity index (χ1v) is 3.60. The van der Waals surface area contributed by atoms with E-state index in [2.05, 4.69) is 23.3 Å². The Hall–Kier alpha value is -0.266. The molecule has 0 saturated carbocycles. The van der Waals surface area contributed by atoms with Crippen LogP contribution in [0, 0.1) is 13.1 Å². The summed E-state index contributed by atoms with van der Waals surface area (Å²) in [7, 11) is 0. The SMILES string of the molecule is Cc1n[c-]cc2ccccc12.[Y]. The van der Waals surface area contributed by atoms with Gasteiger partial charge in [0, 0.05) is 32.7 Å². The Kier molecular flexibility index (Phi) is 3.36. The third kappa shape index (κ3) is 1.73. The first-order chi connectivity index (χ1) is 5.38. The molecule has 0 aliphatic rings.